The molecular formula is C15H24O2. The molecule has 1 aromatic rings. The van der Waals surface area contributed by atoms with Gasteiger partial charge in [-0.3, -0.25) is 0 Å². The summed E-state index contributed by atoms with van der Waals surface area (Å²) in [4.78, 5) is 0. The first-order valence-electron chi connectivity index (χ1n) is 6.61. The van der Waals surface area contributed by atoms with E-state index in [1.807, 2.05) is 30.3 Å². The van der Waals surface area contributed by atoms with Crippen LogP contribution >= 0.6 is 0 Å². The van der Waals surface area contributed by atoms with Crippen LogP contribution in [0.3, 0.4) is 0 Å². The lowest BCUT2D eigenvalue weighted by Crippen LogP contribution is -2.23. The molecule has 2 atom stereocenters. The van der Waals surface area contributed by atoms with Gasteiger partial charge in [0.05, 0.1) is 6.61 Å². The normalized spacial score (nSPS) is 14.5. The maximum atomic E-state index is 9.97. The fraction of sp³-hybridized carbons (Fsp3) is 0.600. The van der Waals surface area contributed by atoms with Gasteiger partial charge in [0.25, 0.3) is 0 Å². The summed E-state index contributed by atoms with van der Waals surface area (Å²) in [5, 5.41) is 9.97. The first-order valence-corrected chi connectivity index (χ1v) is 6.61. The van der Waals surface area contributed by atoms with Crippen LogP contribution in [0.4, 0.5) is 0 Å². The summed E-state index contributed by atoms with van der Waals surface area (Å²) in [6.07, 6.45) is 3.71. The molecule has 96 valence electrons. The fourth-order valence-corrected chi connectivity index (χ4v) is 1.91. The Balaban J connectivity index is 2.34. The number of rotatable bonds is 8. The quantitative estimate of drug-likeness (QED) is 0.697. The van der Waals surface area contributed by atoms with Crippen molar-refractivity contribution in [3.8, 4) is 0 Å². The fourth-order valence-electron chi connectivity index (χ4n) is 1.91. The second-order valence-corrected chi connectivity index (χ2v) is 4.50. The van der Waals surface area contributed by atoms with E-state index in [0.29, 0.717) is 6.61 Å². The number of ether oxygens (including phenoxy) is 1. The molecule has 0 aliphatic carbocycles. The number of aliphatic hydroxyl groups is 1. The average Bonchev–Trinajstić information content (AvgIpc) is 2.38. The molecule has 0 amide bonds. The van der Waals surface area contributed by atoms with Gasteiger partial charge in [0, 0.05) is 5.92 Å². The molecule has 1 aromatic carbocycles. The Morgan fingerprint density at radius 2 is 1.88 bits per heavy atom. The number of unbranched alkanes of at least 4 members (excludes halogenated alkanes) is 1. The van der Waals surface area contributed by atoms with E-state index in [1.54, 1.807) is 0 Å². The molecule has 0 aromatic heterocycles. The maximum absolute atomic E-state index is 9.97. The third kappa shape index (κ3) is 5.33. The minimum Gasteiger partial charge on any atom is -0.368 e. The van der Waals surface area contributed by atoms with Crippen LogP contribution < -0.4 is 0 Å². The number of hydrogen-bond donors (Lipinski definition) is 1. The molecule has 1 rings (SSSR count). The predicted octanol–water partition coefficient (Wildman–Crippen LogP) is 3.74. The van der Waals surface area contributed by atoms with Crippen LogP contribution in [0, 0.1) is 5.92 Å². The van der Waals surface area contributed by atoms with Gasteiger partial charge in [0.1, 0.15) is 0 Å². The van der Waals surface area contributed by atoms with Gasteiger partial charge in [0.15, 0.2) is 6.29 Å². The van der Waals surface area contributed by atoms with E-state index in [0.717, 1.165) is 24.8 Å². The van der Waals surface area contributed by atoms with Crippen molar-refractivity contribution in [1.82, 2.24) is 0 Å². The largest absolute Gasteiger partial charge is 0.368 e. The Labute approximate surface area is 105 Å². The highest BCUT2D eigenvalue weighted by Gasteiger charge is 2.17. The second-order valence-electron chi connectivity index (χ2n) is 4.50. The van der Waals surface area contributed by atoms with Gasteiger partial charge < -0.3 is 9.84 Å². The highest BCUT2D eigenvalue weighted by molar-refractivity contribution is 5.13. The van der Waals surface area contributed by atoms with Crippen LogP contribution in [0.1, 0.15) is 45.1 Å². The molecule has 0 spiro atoms. The summed E-state index contributed by atoms with van der Waals surface area (Å²) in [6, 6.07) is 9.98. The highest BCUT2D eigenvalue weighted by atomic mass is 16.6. The standard InChI is InChI=1S/C15H24O2/c1-3-5-11-14(4-2)15(16)17-12-13-9-7-6-8-10-13/h6-10,14-16H,3-5,11-12H2,1-2H3. The van der Waals surface area contributed by atoms with Crippen molar-refractivity contribution in [3.63, 3.8) is 0 Å². The maximum Gasteiger partial charge on any atom is 0.157 e. The van der Waals surface area contributed by atoms with Crippen LogP contribution in [0.5, 0.6) is 0 Å². The van der Waals surface area contributed by atoms with E-state index in [1.165, 1.54) is 6.42 Å². The Morgan fingerprint density at radius 3 is 2.47 bits per heavy atom. The average molecular weight is 236 g/mol. The Bertz CT molecular complexity index is 284. The third-order valence-corrected chi connectivity index (χ3v) is 3.12. The van der Waals surface area contributed by atoms with Crippen LogP contribution in [0.25, 0.3) is 0 Å². The predicted molar refractivity (Wildman–Crippen MR) is 70.5 cm³/mol. The van der Waals surface area contributed by atoms with Crippen molar-refractivity contribution in [3.05, 3.63) is 35.9 Å². The molecule has 0 aliphatic rings. The van der Waals surface area contributed by atoms with Crippen LogP contribution in [0.2, 0.25) is 0 Å². The molecule has 2 heteroatoms. The molecule has 2 nitrogen and oxygen atoms in total. The summed E-state index contributed by atoms with van der Waals surface area (Å²) in [7, 11) is 0. The van der Waals surface area contributed by atoms with E-state index in [-0.39, 0.29) is 5.92 Å². The summed E-state index contributed by atoms with van der Waals surface area (Å²) in [6.45, 7) is 4.77. The van der Waals surface area contributed by atoms with Crippen LogP contribution in [-0.2, 0) is 11.3 Å². The molecule has 2 unspecified atom stereocenters. The van der Waals surface area contributed by atoms with Crippen LogP contribution in [0.15, 0.2) is 30.3 Å². The van der Waals surface area contributed by atoms with Crippen LogP contribution in [-0.4, -0.2) is 11.4 Å². The lowest BCUT2D eigenvalue weighted by atomic mass is 9.99. The molecule has 0 fully saturated rings. The number of hydrogen-bond acceptors (Lipinski definition) is 2. The molecule has 0 aliphatic heterocycles. The van der Waals surface area contributed by atoms with Gasteiger partial charge in [-0.15, -0.1) is 0 Å². The van der Waals surface area contributed by atoms with Crippen molar-refractivity contribution in [1.29, 1.82) is 0 Å². The summed E-state index contributed by atoms with van der Waals surface area (Å²) >= 11 is 0. The zero-order valence-corrected chi connectivity index (χ0v) is 10.9. The molecule has 0 bridgehead atoms. The lowest BCUT2D eigenvalue weighted by Gasteiger charge is -2.21. The van der Waals surface area contributed by atoms with E-state index < -0.39 is 6.29 Å². The number of benzene rings is 1. The molecule has 0 radical (unpaired) electrons. The van der Waals surface area contributed by atoms with E-state index in [4.69, 9.17) is 4.74 Å². The Kier molecular flexibility index (Phi) is 6.90. The first-order chi connectivity index (χ1) is 8.27. The topological polar surface area (TPSA) is 29.5 Å². The monoisotopic (exact) mass is 236 g/mol. The highest BCUT2D eigenvalue weighted by Crippen LogP contribution is 2.18. The summed E-state index contributed by atoms with van der Waals surface area (Å²) in [5.41, 5.74) is 1.11. The van der Waals surface area contributed by atoms with Gasteiger partial charge in [0.2, 0.25) is 0 Å². The second kappa shape index (κ2) is 8.26. The molecule has 0 saturated heterocycles. The minimum atomic E-state index is -0.633. The van der Waals surface area contributed by atoms with Crippen molar-refractivity contribution in [2.24, 2.45) is 5.92 Å². The SMILES string of the molecule is CCCCC(CC)C(O)OCc1ccccc1. The van der Waals surface area contributed by atoms with E-state index in [9.17, 15) is 5.11 Å². The van der Waals surface area contributed by atoms with Gasteiger partial charge >= 0.3 is 0 Å². The minimum absolute atomic E-state index is 0.263. The van der Waals surface area contributed by atoms with Gasteiger partial charge in [-0.05, 0) is 18.4 Å². The van der Waals surface area contributed by atoms with Gasteiger partial charge in [-0.2, -0.15) is 0 Å². The smallest absolute Gasteiger partial charge is 0.157 e. The Morgan fingerprint density at radius 1 is 1.18 bits per heavy atom. The zero-order valence-electron chi connectivity index (χ0n) is 10.9. The van der Waals surface area contributed by atoms with Crippen molar-refractivity contribution in [2.45, 2.75) is 52.4 Å². The van der Waals surface area contributed by atoms with Crippen molar-refractivity contribution in [2.75, 3.05) is 0 Å². The summed E-state index contributed by atoms with van der Waals surface area (Å²) < 4.78 is 5.53. The van der Waals surface area contributed by atoms with E-state index in [2.05, 4.69) is 13.8 Å². The molecule has 1 N–H and O–H groups in total. The third-order valence-electron chi connectivity index (χ3n) is 3.12. The van der Waals surface area contributed by atoms with Gasteiger partial charge in [-0.1, -0.05) is 57.0 Å². The summed E-state index contributed by atoms with van der Waals surface area (Å²) in [5.74, 6) is 0.263. The molecule has 0 heterocycles. The number of aliphatic hydroxyl groups excluding tert-OH is 1. The van der Waals surface area contributed by atoms with Gasteiger partial charge in [-0.25, -0.2) is 0 Å². The molecule has 0 saturated carbocycles. The van der Waals surface area contributed by atoms with Crippen molar-refractivity contribution < 1.29 is 9.84 Å². The molecule has 17 heavy (non-hydrogen) atoms. The lowest BCUT2D eigenvalue weighted by molar-refractivity contribution is -0.144. The van der Waals surface area contributed by atoms with E-state index >= 15 is 0 Å². The Hall–Kier alpha value is -0.860. The molecular weight excluding hydrogens is 212 g/mol. The van der Waals surface area contributed by atoms with Crippen molar-refractivity contribution >= 4 is 0 Å². The first kappa shape index (κ1) is 14.2. The zero-order chi connectivity index (χ0) is 12.5.